The first-order valence-electron chi connectivity index (χ1n) is 6.76. The molecule has 0 bridgehead atoms. The minimum Gasteiger partial charge on any atom is -0.507 e. The third-order valence-electron chi connectivity index (χ3n) is 3.89. The molecule has 0 unspecified atom stereocenters. The normalized spacial score (nSPS) is 16.4. The second-order valence-corrected chi connectivity index (χ2v) is 5.09. The summed E-state index contributed by atoms with van der Waals surface area (Å²) in [7, 11) is 0. The number of hydrogen-bond donors (Lipinski definition) is 1. The summed E-state index contributed by atoms with van der Waals surface area (Å²) in [6.07, 6.45) is 3.76. The van der Waals surface area contributed by atoms with E-state index in [0.717, 1.165) is 18.4 Å². The maximum absolute atomic E-state index is 9.86. The molecule has 1 aliphatic heterocycles. The molecule has 1 heterocycles. The molecule has 94 valence electrons. The van der Waals surface area contributed by atoms with Gasteiger partial charge in [0.15, 0.2) is 0 Å². The Kier molecular flexibility index (Phi) is 3.20. The van der Waals surface area contributed by atoms with Gasteiger partial charge in [0.1, 0.15) is 5.75 Å². The number of aromatic hydroxyl groups is 1. The van der Waals surface area contributed by atoms with Crippen molar-refractivity contribution >= 4 is 10.8 Å². The lowest BCUT2D eigenvalue weighted by atomic mass is 10.0. The van der Waals surface area contributed by atoms with Crippen LogP contribution in [0.2, 0.25) is 0 Å². The summed E-state index contributed by atoms with van der Waals surface area (Å²) in [6.45, 7) is 3.63. The standard InChI is InChI=1S/C16H19NO/c18-16-8-7-13(9-12-17-10-3-4-11-17)14-5-1-2-6-15(14)16/h1-2,5-8,18H,3-4,9-12H2. The lowest BCUT2D eigenvalue weighted by molar-refractivity contribution is 0.344. The van der Waals surface area contributed by atoms with Gasteiger partial charge in [0.2, 0.25) is 0 Å². The van der Waals surface area contributed by atoms with Crippen molar-refractivity contribution in [2.45, 2.75) is 19.3 Å². The predicted octanol–water partition coefficient (Wildman–Crippen LogP) is 3.18. The summed E-state index contributed by atoms with van der Waals surface area (Å²) < 4.78 is 0. The third kappa shape index (κ3) is 2.21. The molecule has 0 radical (unpaired) electrons. The van der Waals surface area contributed by atoms with E-state index in [1.165, 1.54) is 36.9 Å². The number of phenols is 1. The van der Waals surface area contributed by atoms with Crippen molar-refractivity contribution in [3.8, 4) is 5.75 Å². The molecule has 1 aliphatic rings. The highest BCUT2D eigenvalue weighted by atomic mass is 16.3. The SMILES string of the molecule is Oc1ccc(CCN2CCCC2)c2ccccc12. The van der Waals surface area contributed by atoms with Crippen LogP contribution < -0.4 is 0 Å². The molecule has 0 atom stereocenters. The monoisotopic (exact) mass is 241 g/mol. The van der Waals surface area contributed by atoms with Gasteiger partial charge in [0.25, 0.3) is 0 Å². The van der Waals surface area contributed by atoms with Crippen LogP contribution >= 0.6 is 0 Å². The maximum atomic E-state index is 9.86. The molecule has 0 saturated carbocycles. The van der Waals surface area contributed by atoms with Crippen molar-refractivity contribution < 1.29 is 5.11 Å². The largest absolute Gasteiger partial charge is 0.507 e. The zero-order valence-corrected chi connectivity index (χ0v) is 10.6. The molecule has 0 spiro atoms. The van der Waals surface area contributed by atoms with Crippen LogP contribution in [-0.2, 0) is 6.42 Å². The van der Waals surface area contributed by atoms with Gasteiger partial charge in [-0.3, -0.25) is 0 Å². The lowest BCUT2D eigenvalue weighted by Crippen LogP contribution is -2.21. The lowest BCUT2D eigenvalue weighted by Gasteiger charge is -2.15. The van der Waals surface area contributed by atoms with Crippen LogP contribution in [0.1, 0.15) is 18.4 Å². The van der Waals surface area contributed by atoms with Crippen molar-refractivity contribution in [1.29, 1.82) is 0 Å². The Labute approximate surface area is 108 Å². The fraction of sp³-hybridized carbons (Fsp3) is 0.375. The van der Waals surface area contributed by atoms with Crippen LogP contribution in [0.5, 0.6) is 5.75 Å². The maximum Gasteiger partial charge on any atom is 0.123 e. The first-order chi connectivity index (χ1) is 8.84. The van der Waals surface area contributed by atoms with E-state index in [1.807, 2.05) is 24.3 Å². The van der Waals surface area contributed by atoms with Gasteiger partial charge in [-0.25, -0.2) is 0 Å². The Morgan fingerprint density at radius 2 is 1.67 bits per heavy atom. The van der Waals surface area contributed by atoms with Crippen LogP contribution in [0.15, 0.2) is 36.4 Å². The molecule has 3 rings (SSSR count). The predicted molar refractivity (Wildman–Crippen MR) is 75.0 cm³/mol. The van der Waals surface area contributed by atoms with Crippen LogP contribution in [0, 0.1) is 0 Å². The Morgan fingerprint density at radius 1 is 0.944 bits per heavy atom. The summed E-state index contributed by atoms with van der Waals surface area (Å²) in [6, 6.07) is 12.0. The molecule has 1 saturated heterocycles. The van der Waals surface area contributed by atoms with E-state index in [4.69, 9.17) is 0 Å². The molecule has 0 amide bonds. The molecule has 2 aromatic carbocycles. The fourth-order valence-corrected chi connectivity index (χ4v) is 2.85. The summed E-state index contributed by atoms with van der Waals surface area (Å²) in [5.74, 6) is 0.385. The second-order valence-electron chi connectivity index (χ2n) is 5.09. The number of fused-ring (bicyclic) bond motifs is 1. The Morgan fingerprint density at radius 3 is 2.44 bits per heavy atom. The van der Waals surface area contributed by atoms with Crippen LogP contribution in [0.25, 0.3) is 10.8 Å². The number of likely N-dealkylation sites (tertiary alicyclic amines) is 1. The zero-order valence-electron chi connectivity index (χ0n) is 10.6. The molecule has 2 nitrogen and oxygen atoms in total. The fourth-order valence-electron chi connectivity index (χ4n) is 2.85. The summed E-state index contributed by atoms with van der Waals surface area (Å²) in [5, 5.41) is 12.0. The first kappa shape index (κ1) is 11.5. The molecule has 0 aliphatic carbocycles. The first-order valence-corrected chi connectivity index (χ1v) is 6.76. The summed E-state index contributed by atoms with van der Waals surface area (Å²) in [4.78, 5) is 2.53. The number of benzene rings is 2. The van der Waals surface area contributed by atoms with Crippen LogP contribution in [0.3, 0.4) is 0 Å². The molecule has 2 aromatic rings. The van der Waals surface area contributed by atoms with Crippen molar-refractivity contribution in [1.82, 2.24) is 4.90 Å². The number of hydrogen-bond acceptors (Lipinski definition) is 2. The molecular weight excluding hydrogens is 222 g/mol. The van der Waals surface area contributed by atoms with Gasteiger partial charge in [-0.1, -0.05) is 30.3 Å². The van der Waals surface area contributed by atoms with Gasteiger partial charge in [0.05, 0.1) is 0 Å². The van der Waals surface area contributed by atoms with Crippen molar-refractivity contribution in [3.63, 3.8) is 0 Å². The third-order valence-corrected chi connectivity index (χ3v) is 3.89. The quantitative estimate of drug-likeness (QED) is 0.892. The van der Waals surface area contributed by atoms with E-state index in [9.17, 15) is 5.11 Å². The van der Waals surface area contributed by atoms with Gasteiger partial charge in [0, 0.05) is 11.9 Å². The zero-order chi connectivity index (χ0) is 12.4. The number of nitrogens with zero attached hydrogens (tertiary/aromatic N) is 1. The van der Waals surface area contributed by atoms with Crippen LogP contribution in [0.4, 0.5) is 0 Å². The second kappa shape index (κ2) is 4.99. The van der Waals surface area contributed by atoms with E-state index in [1.54, 1.807) is 0 Å². The molecule has 18 heavy (non-hydrogen) atoms. The smallest absolute Gasteiger partial charge is 0.123 e. The van der Waals surface area contributed by atoms with Gasteiger partial charge in [-0.15, -0.1) is 0 Å². The average molecular weight is 241 g/mol. The summed E-state index contributed by atoms with van der Waals surface area (Å²) in [5.41, 5.74) is 1.34. The van der Waals surface area contributed by atoms with Crippen molar-refractivity contribution in [3.05, 3.63) is 42.0 Å². The van der Waals surface area contributed by atoms with E-state index < -0.39 is 0 Å². The van der Waals surface area contributed by atoms with E-state index in [2.05, 4.69) is 17.0 Å². The van der Waals surface area contributed by atoms with E-state index in [0.29, 0.717) is 5.75 Å². The van der Waals surface area contributed by atoms with Gasteiger partial charge in [-0.2, -0.15) is 0 Å². The van der Waals surface area contributed by atoms with E-state index >= 15 is 0 Å². The highest BCUT2D eigenvalue weighted by molar-refractivity contribution is 5.90. The topological polar surface area (TPSA) is 23.5 Å². The number of rotatable bonds is 3. The molecule has 0 aromatic heterocycles. The van der Waals surface area contributed by atoms with Crippen molar-refractivity contribution in [2.24, 2.45) is 0 Å². The Balaban J connectivity index is 1.85. The Hall–Kier alpha value is -1.54. The average Bonchev–Trinajstić information content (AvgIpc) is 2.92. The molecule has 1 fully saturated rings. The molecule has 2 heteroatoms. The van der Waals surface area contributed by atoms with Crippen LogP contribution in [-0.4, -0.2) is 29.6 Å². The van der Waals surface area contributed by atoms with Gasteiger partial charge >= 0.3 is 0 Å². The Bertz CT molecular complexity index is 544. The summed E-state index contributed by atoms with van der Waals surface area (Å²) >= 11 is 0. The molecule has 1 N–H and O–H groups in total. The van der Waals surface area contributed by atoms with Gasteiger partial charge in [-0.05, 0) is 49.4 Å². The van der Waals surface area contributed by atoms with E-state index in [-0.39, 0.29) is 0 Å². The minimum absolute atomic E-state index is 0.385. The van der Waals surface area contributed by atoms with Crippen molar-refractivity contribution in [2.75, 3.05) is 19.6 Å². The highest BCUT2D eigenvalue weighted by Gasteiger charge is 2.12. The number of phenolic OH excluding ortho intramolecular Hbond substituents is 1. The minimum atomic E-state index is 0.385. The molecular formula is C16H19NO. The highest BCUT2D eigenvalue weighted by Crippen LogP contribution is 2.27. The van der Waals surface area contributed by atoms with Gasteiger partial charge < -0.3 is 10.0 Å².